The zero-order valence-electron chi connectivity index (χ0n) is 10.0. The van der Waals surface area contributed by atoms with E-state index in [2.05, 4.69) is 24.9 Å². The predicted molar refractivity (Wildman–Crippen MR) is 63.6 cm³/mol. The van der Waals surface area contributed by atoms with Crippen molar-refractivity contribution >= 4 is 0 Å². The average molecular weight is 193 g/mol. The fraction of sp³-hybridized carbons (Fsp3) is 0.615. The topological polar surface area (TPSA) is 12.9 Å². The number of aromatic nitrogens is 1. The van der Waals surface area contributed by atoms with Crippen molar-refractivity contribution in [3.05, 3.63) is 29.6 Å². The Labute approximate surface area is 88.6 Å². The maximum Gasteiger partial charge on any atom is 0.0435 e. The minimum Gasteiger partial charge on any atom is -0.261 e. The normalized spacial score (nSPS) is 11.7. The van der Waals surface area contributed by atoms with E-state index in [0.717, 1.165) is 0 Å². The number of rotatable bonds is 0. The zero-order valence-corrected chi connectivity index (χ0v) is 10.0. The van der Waals surface area contributed by atoms with Gasteiger partial charge in [-0.25, -0.2) is 0 Å². The summed E-state index contributed by atoms with van der Waals surface area (Å²) in [5.74, 6) is 0. The number of fused-ring (bicyclic) bond motifs is 1. The lowest BCUT2D eigenvalue weighted by molar-refractivity contribution is 0.899. The summed E-state index contributed by atoms with van der Waals surface area (Å²) in [6.45, 7) is 8.25. The van der Waals surface area contributed by atoms with Crippen molar-refractivity contribution in [1.82, 2.24) is 4.98 Å². The van der Waals surface area contributed by atoms with Gasteiger partial charge in [0.25, 0.3) is 0 Å². The van der Waals surface area contributed by atoms with Crippen LogP contribution in [0.1, 0.15) is 51.8 Å². The SMILES string of the molecule is CC.CCC.c1cnc2c(c1)CCC2. The number of hydrogen-bond acceptors (Lipinski definition) is 1. The van der Waals surface area contributed by atoms with Gasteiger partial charge in [-0.3, -0.25) is 4.98 Å². The summed E-state index contributed by atoms with van der Waals surface area (Å²) in [5.41, 5.74) is 2.77. The van der Waals surface area contributed by atoms with Gasteiger partial charge in [0.2, 0.25) is 0 Å². The molecule has 0 aliphatic heterocycles. The van der Waals surface area contributed by atoms with Crippen LogP contribution in [0, 0.1) is 0 Å². The fourth-order valence-electron chi connectivity index (χ4n) is 1.37. The second-order valence-corrected chi connectivity index (χ2v) is 3.17. The highest BCUT2D eigenvalue weighted by molar-refractivity contribution is 5.23. The highest BCUT2D eigenvalue weighted by Crippen LogP contribution is 2.17. The smallest absolute Gasteiger partial charge is 0.0435 e. The van der Waals surface area contributed by atoms with Crippen molar-refractivity contribution in [2.45, 2.75) is 53.4 Å². The molecule has 2 rings (SSSR count). The third-order valence-electron chi connectivity index (χ3n) is 1.84. The summed E-state index contributed by atoms with van der Waals surface area (Å²) in [7, 11) is 0. The van der Waals surface area contributed by atoms with Crippen LogP contribution in [0.25, 0.3) is 0 Å². The third kappa shape index (κ3) is 4.40. The first-order chi connectivity index (χ1) is 6.88. The molecule has 0 radical (unpaired) electrons. The van der Waals surface area contributed by atoms with E-state index >= 15 is 0 Å². The molecule has 1 aromatic heterocycles. The van der Waals surface area contributed by atoms with Crippen LogP contribution in [-0.4, -0.2) is 4.98 Å². The molecule has 0 spiro atoms. The summed E-state index contributed by atoms with van der Waals surface area (Å²) < 4.78 is 0. The maximum absolute atomic E-state index is 4.26. The Hall–Kier alpha value is -0.850. The van der Waals surface area contributed by atoms with Crippen LogP contribution in [0.4, 0.5) is 0 Å². The van der Waals surface area contributed by atoms with Crippen LogP contribution in [0.5, 0.6) is 0 Å². The minimum atomic E-state index is 1.19. The van der Waals surface area contributed by atoms with Gasteiger partial charge in [-0.2, -0.15) is 0 Å². The van der Waals surface area contributed by atoms with E-state index in [-0.39, 0.29) is 0 Å². The maximum atomic E-state index is 4.26. The molecule has 0 fully saturated rings. The lowest BCUT2D eigenvalue weighted by atomic mass is 10.2. The first-order valence-electron chi connectivity index (χ1n) is 5.81. The largest absolute Gasteiger partial charge is 0.261 e. The van der Waals surface area contributed by atoms with E-state index in [0.29, 0.717) is 0 Å². The van der Waals surface area contributed by atoms with Crippen molar-refractivity contribution in [3.63, 3.8) is 0 Å². The number of aryl methyl sites for hydroxylation is 2. The molecule has 0 saturated carbocycles. The van der Waals surface area contributed by atoms with Gasteiger partial charge in [0.05, 0.1) is 0 Å². The lowest BCUT2D eigenvalue weighted by Crippen LogP contribution is -1.83. The third-order valence-corrected chi connectivity index (χ3v) is 1.84. The molecule has 0 amide bonds. The standard InChI is InChI=1S/C8H9N.C3H8.C2H6/c1-3-7-4-2-6-9-8(7)5-1;1-3-2;1-2/h2,4,6H,1,3,5H2;3H2,1-2H3;1-2H3. The Kier molecular flexibility index (Phi) is 8.20. The average Bonchev–Trinajstić information content (AvgIpc) is 2.69. The number of nitrogens with zero attached hydrogens (tertiary/aromatic N) is 1. The van der Waals surface area contributed by atoms with Gasteiger partial charge in [-0.15, -0.1) is 0 Å². The van der Waals surface area contributed by atoms with Crippen molar-refractivity contribution in [3.8, 4) is 0 Å². The Morgan fingerprint density at radius 2 is 1.86 bits per heavy atom. The van der Waals surface area contributed by atoms with Gasteiger partial charge in [-0.1, -0.05) is 40.2 Å². The molecular weight excluding hydrogens is 170 g/mol. The first-order valence-corrected chi connectivity index (χ1v) is 5.81. The van der Waals surface area contributed by atoms with Gasteiger partial charge in [-0.05, 0) is 30.9 Å². The summed E-state index contributed by atoms with van der Waals surface area (Å²) in [6.07, 6.45) is 6.86. The molecular formula is C13H23N. The number of pyridine rings is 1. The lowest BCUT2D eigenvalue weighted by Gasteiger charge is -1.92. The Bertz CT molecular complexity index is 207. The highest BCUT2D eigenvalue weighted by Gasteiger charge is 2.08. The molecule has 1 heterocycles. The van der Waals surface area contributed by atoms with Crippen molar-refractivity contribution in [1.29, 1.82) is 0 Å². The zero-order chi connectivity index (χ0) is 10.8. The molecule has 0 bridgehead atoms. The molecule has 1 aliphatic carbocycles. The fourth-order valence-corrected chi connectivity index (χ4v) is 1.37. The van der Waals surface area contributed by atoms with Gasteiger partial charge in [0.1, 0.15) is 0 Å². The van der Waals surface area contributed by atoms with Gasteiger partial charge < -0.3 is 0 Å². The minimum absolute atomic E-state index is 1.19. The monoisotopic (exact) mass is 193 g/mol. The molecule has 14 heavy (non-hydrogen) atoms. The summed E-state index contributed by atoms with van der Waals surface area (Å²) in [6, 6.07) is 4.19. The van der Waals surface area contributed by atoms with E-state index in [1.54, 1.807) is 0 Å². The molecule has 1 nitrogen and oxygen atoms in total. The second-order valence-electron chi connectivity index (χ2n) is 3.17. The van der Waals surface area contributed by atoms with Crippen molar-refractivity contribution in [2.75, 3.05) is 0 Å². The van der Waals surface area contributed by atoms with Gasteiger partial charge in [0, 0.05) is 11.9 Å². The highest BCUT2D eigenvalue weighted by atomic mass is 14.7. The van der Waals surface area contributed by atoms with E-state index < -0.39 is 0 Å². The van der Waals surface area contributed by atoms with E-state index in [4.69, 9.17) is 0 Å². The quantitative estimate of drug-likeness (QED) is 0.606. The summed E-state index contributed by atoms with van der Waals surface area (Å²) >= 11 is 0. The molecule has 1 aliphatic rings. The van der Waals surface area contributed by atoms with Crippen LogP contribution in [0.15, 0.2) is 18.3 Å². The van der Waals surface area contributed by atoms with E-state index in [9.17, 15) is 0 Å². The summed E-state index contributed by atoms with van der Waals surface area (Å²) in [4.78, 5) is 4.26. The molecule has 1 heteroatoms. The molecule has 0 unspecified atom stereocenters. The van der Waals surface area contributed by atoms with Crippen LogP contribution < -0.4 is 0 Å². The van der Waals surface area contributed by atoms with Crippen molar-refractivity contribution < 1.29 is 0 Å². The van der Waals surface area contributed by atoms with Crippen LogP contribution >= 0.6 is 0 Å². The van der Waals surface area contributed by atoms with Gasteiger partial charge >= 0.3 is 0 Å². The molecule has 0 atom stereocenters. The van der Waals surface area contributed by atoms with Crippen LogP contribution in [0.3, 0.4) is 0 Å². The van der Waals surface area contributed by atoms with E-state index in [1.165, 1.54) is 36.9 Å². The van der Waals surface area contributed by atoms with Crippen LogP contribution in [0.2, 0.25) is 0 Å². The Morgan fingerprint density at radius 1 is 1.21 bits per heavy atom. The second kappa shape index (κ2) is 8.74. The Morgan fingerprint density at radius 3 is 2.43 bits per heavy atom. The number of hydrogen-bond donors (Lipinski definition) is 0. The van der Waals surface area contributed by atoms with Gasteiger partial charge in [0.15, 0.2) is 0 Å². The molecule has 1 aromatic rings. The van der Waals surface area contributed by atoms with Crippen molar-refractivity contribution in [2.24, 2.45) is 0 Å². The predicted octanol–water partition coefficient (Wildman–Crippen LogP) is 4.01. The Balaban J connectivity index is 0.000000294. The molecule has 0 aromatic carbocycles. The summed E-state index contributed by atoms with van der Waals surface area (Å²) in [5, 5.41) is 0. The van der Waals surface area contributed by atoms with E-state index in [1.807, 2.05) is 26.1 Å². The van der Waals surface area contributed by atoms with Crippen LogP contribution in [-0.2, 0) is 12.8 Å². The molecule has 80 valence electrons. The molecule has 0 saturated heterocycles. The molecule has 0 N–H and O–H groups in total. The first kappa shape index (κ1) is 13.2.